The monoisotopic (exact) mass is 346 g/mol. The molecule has 2 N–H and O–H groups in total. The molecule has 0 spiro atoms. The summed E-state index contributed by atoms with van der Waals surface area (Å²) in [7, 11) is 0. The van der Waals surface area contributed by atoms with Crippen molar-refractivity contribution in [3.05, 3.63) is 70.1 Å². The van der Waals surface area contributed by atoms with Crippen LogP contribution in [0.3, 0.4) is 0 Å². The maximum Gasteiger partial charge on any atom is 0.273 e. The number of aromatic nitrogens is 3. The smallest absolute Gasteiger partial charge is 0.273 e. The molecule has 130 valence electrons. The van der Waals surface area contributed by atoms with Crippen LogP contribution in [0.4, 0.5) is 5.82 Å². The van der Waals surface area contributed by atoms with Gasteiger partial charge in [0.15, 0.2) is 0 Å². The van der Waals surface area contributed by atoms with Gasteiger partial charge in [-0.25, -0.2) is 0 Å². The standard InChI is InChI=1S/C19H18N6O/c1-14-10-17(21)25(18(26)11-14)22-12-16-13-24(9-5-8-20)23-19(16)15-6-3-2-4-7-15/h2-4,6-7,10-13H,5,9,21H2,1H3/b22-12-. The van der Waals surface area contributed by atoms with E-state index in [0.717, 1.165) is 27.1 Å². The number of nitriles is 1. The lowest BCUT2D eigenvalue weighted by molar-refractivity contribution is 0.629. The Kier molecular flexibility index (Phi) is 4.94. The molecule has 2 aromatic heterocycles. The minimum Gasteiger partial charge on any atom is -0.384 e. The molecule has 1 aromatic carbocycles. The van der Waals surface area contributed by atoms with Crippen LogP contribution < -0.4 is 11.3 Å². The lowest BCUT2D eigenvalue weighted by Crippen LogP contribution is -2.19. The van der Waals surface area contributed by atoms with E-state index in [-0.39, 0.29) is 11.4 Å². The van der Waals surface area contributed by atoms with Crippen LogP contribution >= 0.6 is 0 Å². The van der Waals surface area contributed by atoms with E-state index in [2.05, 4.69) is 16.3 Å². The molecule has 0 saturated heterocycles. The van der Waals surface area contributed by atoms with Crippen molar-refractivity contribution in [3.8, 4) is 17.3 Å². The molecular weight excluding hydrogens is 328 g/mol. The van der Waals surface area contributed by atoms with E-state index in [0.29, 0.717) is 13.0 Å². The number of benzene rings is 1. The summed E-state index contributed by atoms with van der Waals surface area (Å²) in [4.78, 5) is 12.1. The number of hydrogen-bond acceptors (Lipinski definition) is 5. The number of nitrogens with zero attached hydrogens (tertiary/aromatic N) is 5. The van der Waals surface area contributed by atoms with Gasteiger partial charge in [0.1, 0.15) is 11.5 Å². The van der Waals surface area contributed by atoms with Gasteiger partial charge in [-0.2, -0.15) is 20.1 Å². The normalized spacial score (nSPS) is 10.9. The van der Waals surface area contributed by atoms with Crippen LogP contribution in [0.25, 0.3) is 11.3 Å². The SMILES string of the molecule is Cc1cc(N)n(/N=C\c2cn(CCC#N)nc2-c2ccccc2)c(=O)c1. The van der Waals surface area contributed by atoms with E-state index < -0.39 is 0 Å². The molecule has 7 nitrogen and oxygen atoms in total. The van der Waals surface area contributed by atoms with Gasteiger partial charge in [0.25, 0.3) is 5.56 Å². The van der Waals surface area contributed by atoms with Crippen molar-refractivity contribution in [2.45, 2.75) is 19.9 Å². The molecule has 7 heteroatoms. The fraction of sp³-hybridized carbons (Fsp3) is 0.158. The van der Waals surface area contributed by atoms with Crippen molar-refractivity contribution in [1.82, 2.24) is 14.5 Å². The number of aryl methyl sites for hydroxylation is 2. The Bertz CT molecular complexity index is 1040. The van der Waals surface area contributed by atoms with Crippen molar-refractivity contribution >= 4 is 12.0 Å². The van der Waals surface area contributed by atoms with Crippen molar-refractivity contribution in [3.63, 3.8) is 0 Å². The van der Waals surface area contributed by atoms with Crippen molar-refractivity contribution in [2.75, 3.05) is 5.73 Å². The van der Waals surface area contributed by atoms with Gasteiger partial charge in [-0.05, 0) is 18.6 Å². The molecule has 0 amide bonds. The maximum absolute atomic E-state index is 12.1. The predicted octanol–water partition coefficient (Wildman–Crippen LogP) is 2.40. The average Bonchev–Trinajstić information content (AvgIpc) is 3.03. The summed E-state index contributed by atoms with van der Waals surface area (Å²) in [5, 5.41) is 17.6. The zero-order valence-electron chi connectivity index (χ0n) is 14.3. The van der Waals surface area contributed by atoms with Crippen molar-refractivity contribution < 1.29 is 0 Å². The van der Waals surface area contributed by atoms with Gasteiger partial charge in [-0.1, -0.05) is 30.3 Å². The quantitative estimate of drug-likeness (QED) is 0.717. The number of anilines is 1. The summed E-state index contributed by atoms with van der Waals surface area (Å²) in [6, 6.07) is 14.9. The van der Waals surface area contributed by atoms with Crippen LogP contribution in [-0.2, 0) is 6.54 Å². The summed E-state index contributed by atoms with van der Waals surface area (Å²) < 4.78 is 2.85. The first-order chi connectivity index (χ1) is 12.6. The Labute approximate surface area is 150 Å². The molecule has 0 saturated carbocycles. The molecule has 2 heterocycles. The number of hydrogen-bond donors (Lipinski definition) is 1. The molecule has 0 atom stereocenters. The largest absolute Gasteiger partial charge is 0.384 e. The molecule has 3 aromatic rings. The summed E-state index contributed by atoms with van der Waals surface area (Å²) in [6.07, 6.45) is 3.72. The Hall–Kier alpha value is -3.66. The highest BCUT2D eigenvalue weighted by Crippen LogP contribution is 2.21. The number of nitrogens with two attached hydrogens (primary N) is 1. The van der Waals surface area contributed by atoms with Gasteiger partial charge < -0.3 is 5.73 Å². The highest BCUT2D eigenvalue weighted by atomic mass is 16.1. The lowest BCUT2D eigenvalue weighted by atomic mass is 10.1. The molecule has 0 fully saturated rings. The fourth-order valence-corrected chi connectivity index (χ4v) is 2.59. The first-order valence-corrected chi connectivity index (χ1v) is 8.12. The predicted molar refractivity (Wildman–Crippen MR) is 101 cm³/mol. The Morgan fingerprint density at radius 2 is 2.08 bits per heavy atom. The van der Waals surface area contributed by atoms with Crippen molar-refractivity contribution in [2.24, 2.45) is 5.10 Å². The number of pyridine rings is 1. The van der Waals surface area contributed by atoms with Crippen LogP contribution in [0.5, 0.6) is 0 Å². The average molecular weight is 346 g/mol. The van der Waals surface area contributed by atoms with E-state index in [4.69, 9.17) is 11.0 Å². The minimum atomic E-state index is -0.295. The van der Waals surface area contributed by atoms with Crippen LogP contribution in [0.1, 0.15) is 17.5 Å². The van der Waals surface area contributed by atoms with E-state index >= 15 is 0 Å². The van der Waals surface area contributed by atoms with Gasteiger partial charge in [0, 0.05) is 23.4 Å². The van der Waals surface area contributed by atoms with Gasteiger partial charge >= 0.3 is 0 Å². The van der Waals surface area contributed by atoms with Gasteiger partial charge in [-0.3, -0.25) is 9.48 Å². The fourth-order valence-electron chi connectivity index (χ4n) is 2.59. The first kappa shape index (κ1) is 17.2. The number of rotatable bonds is 5. The molecular formula is C19H18N6O. The third-order valence-corrected chi connectivity index (χ3v) is 3.78. The Morgan fingerprint density at radius 1 is 1.31 bits per heavy atom. The third-order valence-electron chi connectivity index (χ3n) is 3.78. The summed E-state index contributed by atoms with van der Waals surface area (Å²) in [5.41, 5.74) is 8.78. The van der Waals surface area contributed by atoms with E-state index in [1.54, 1.807) is 30.1 Å². The maximum atomic E-state index is 12.1. The summed E-state index contributed by atoms with van der Waals surface area (Å²) in [5.74, 6) is 0.268. The second-order valence-corrected chi connectivity index (χ2v) is 5.82. The Balaban J connectivity index is 2.03. The minimum absolute atomic E-state index is 0.268. The van der Waals surface area contributed by atoms with Crippen LogP contribution in [0.2, 0.25) is 0 Å². The first-order valence-electron chi connectivity index (χ1n) is 8.12. The highest BCUT2D eigenvalue weighted by Gasteiger charge is 2.10. The molecule has 26 heavy (non-hydrogen) atoms. The highest BCUT2D eigenvalue weighted by molar-refractivity contribution is 5.88. The van der Waals surface area contributed by atoms with Gasteiger partial charge in [0.2, 0.25) is 0 Å². The zero-order valence-corrected chi connectivity index (χ0v) is 14.3. The molecule has 0 bridgehead atoms. The molecule has 0 aliphatic heterocycles. The van der Waals surface area contributed by atoms with Gasteiger partial charge in [0.05, 0.1) is 25.2 Å². The second-order valence-electron chi connectivity index (χ2n) is 5.82. The van der Waals surface area contributed by atoms with Crippen LogP contribution in [-0.4, -0.2) is 20.7 Å². The second kappa shape index (κ2) is 7.49. The molecule has 0 radical (unpaired) electrons. The third kappa shape index (κ3) is 3.70. The summed E-state index contributed by atoms with van der Waals surface area (Å²) in [6.45, 7) is 2.29. The molecule has 0 unspecified atom stereocenters. The Morgan fingerprint density at radius 3 is 2.77 bits per heavy atom. The number of nitrogen functional groups attached to an aromatic ring is 1. The lowest BCUT2D eigenvalue weighted by Gasteiger charge is -2.03. The van der Waals surface area contributed by atoms with E-state index in [1.165, 1.54) is 6.07 Å². The molecule has 3 rings (SSSR count). The van der Waals surface area contributed by atoms with Crippen LogP contribution in [0.15, 0.2) is 58.6 Å². The van der Waals surface area contributed by atoms with E-state index in [1.807, 2.05) is 30.3 Å². The van der Waals surface area contributed by atoms with Gasteiger partial charge in [-0.15, -0.1) is 0 Å². The van der Waals surface area contributed by atoms with Crippen molar-refractivity contribution in [1.29, 1.82) is 5.26 Å². The van der Waals surface area contributed by atoms with Crippen LogP contribution in [0, 0.1) is 18.3 Å². The topological polar surface area (TPSA) is 102 Å². The summed E-state index contributed by atoms with van der Waals surface area (Å²) >= 11 is 0. The molecule has 0 aliphatic carbocycles. The zero-order chi connectivity index (χ0) is 18.5. The van der Waals surface area contributed by atoms with E-state index in [9.17, 15) is 4.79 Å². The molecule has 0 aliphatic rings.